The quantitative estimate of drug-likeness (QED) is 0.819. The molecule has 1 aliphatic heterocycles. The monoisotopic (exact) mass is 350 g/mol. The second-order valence-electron chi connectivity index (χ2n) is 6.67. The molecule has 0 bridgehead atoms. The highest BCUT2D eigenvalue weighted by Gasteiger charge is 2.27. The molecule has 0 N–H and O–H groups in total. The zero-order valence-electron chi connectivity index (χ0n) is 15.2. The number of hydrogen-bond acceptors (Lipinski definition) is 3. The number of carbonyl (C=O) groups is 2. The van der Waals surface area contributed by atoms with Gasteiger partial charge in [0.2, 0.25) is 5.91 Å². The van der Waals surface area contributed by atoms with Crippen LogP contribution in [0.15, 0.2) is 24.3 Å². The Hall–Kier alpha value is -2.11. The number of amides is 2. The van der Waals surface area contributed by atoms with Gasteiger partial charge in [-0.1, -0.05) is 26.0 Å². The first-order chi connectivity index (χ1) is 11.9. The van der Waals surface area contributed by atoms with Gasteiger partial charge >= 0.3 is 6.09 Å². The molecule has 0 aliphatic carbocycles. The van der Waals surface area contributed by atoms with E-state index in [9.17, 15) is 14.0 Å². The number of carbonyl (C=O) groups excluding carboxylic acids is 2. The van der Waals surface area contributed by atoms with Crippen molar-refractivity contribution in [2.45, 2.75) is 33.1 Å². The molecular formula is C19H27FN2O3. The topological polar surface area (TPSA) is 49.9 Å². The van der Waals surface area contributed by atoms with Crippen LogP contribution in [0.5, 0.6) is 0 Å². The van der Waals surface area contributed by atoms with E-state index in [2.05, 4.69) is 13.8 Å². The second kappa shape index (κ2) is 8.83. The van der Waals surface area contributed by atoms with Crippen LogP contribution in [0.25, 0.3) is 0 Å². The summed E-state index contributed by atoms with van der Waals surface area (Å²) in [6.45, 7) is 8.30. The van der Waals surface area contributed by atoms with Crippen molar-refractivity contribution in [3.63, 3.8) is 0 Å². The lowest BCUT2D eigenvalue weighted by Crippen LogP contribution is -2.51. The first-order valence-electron chi connectivity index (χ1n) is 8.87. The van der Waals surface area contributed by atoms with E-state index in [-0.39, 0.29) is 29.7 Å². The molecule has 1 fully saturated rings. The van der Waals surface area contributed by atoms with Crippen LogP contribution in [0.1, 0.15) is 38.7 Å². The molecule has 5 nitrogen and oxygen atoms in total. The average molecular weight is 350 g/mol. The first kappa shape index (κ1) is 19.2. The Balaban J connectivity index is 1.94. The molecule has 1 saturated heterocycles. The van der Waals surface area contributed by atoms with Gasteiger partial charge in [0.05, 0.1) is 6.61 Å². The third kappa shape index (κ3) is 5.18. The van der Waals surface area contributed by atoms with Crippen LogP contribution in [0.4, 0.5) is 9.18 Å². The molecule has 138 valence electrons. The predicted molar refractivity (Wildman–Crippen MR) is 93.8 cm³/mol. The van der Waals surface area contributed by atoms with E-state index in [1.54, 1.807) is 28.9 Å². The lowest BCUT2D eigenvalue weighted by atomic mass is 9.85. The van der Waals surface area contributed by atoms with Crippen molar-refractivity contribution >= 4 is 12.0 Å². The summed E-state index contributed by atoms with van der Waals surface area (Å²) in [4.78, 5) is 27.8. The summed E-state index contributed by atoms with van der Waals surface area (Å²) in [5.41, 5.74) is 0.981. The second-order valence-corrected chi connectivity index (χ2v) is 6.67. The maximum absolute atomic E-state index is 13.1. The van der Waals surface area contributed by atoms with Crippen LogP contribution in [0, 0.1) is 11.7 Å². The predicted octanol–water partition coefficient (Wildman–Crippen LogP) is 3.26. The molecule has 0 radical (unpaired) electrons. The lowest BCUT2D eigenvalue weighted by Gasteiger charge is -2.35. The van der Waals surface area contributed by atoms with Gasteiger partial charge in [0, 0.05) is 32.6 Å². The minimum atomic E-state index is -0.319. The van der Waals surface area contributed by atoms with E-state index in [1.165, 1.54) is 12.1 Å². The van der Waals surface area contributed by atoms with E-state index in [4.69, 9.17) is 4.74 Å². The zero-order chi connectivity index (χ0) is 18.4. The van der Waals surface area contributed by atoms with Crippen molar-refractivity contribution in [1.82, 2.24) is 9.80 Å². The van der Waals surface area contributed by atoms with Crippen LogP contribution < -0.4 is 0 Å². The number of hydrogen-bond donors (Lipinski definition) is 0. The molecule has 2 amide bonds. The number of ether oxygens (including phenoxy) is 1. The Labute approximate surface area is 148 Å². The molecule has 25 heavy (non-hydrogen) atoms. The van der Waals surface area contributed by atoms with Crippen LogP contribution >= 0.6 is 0 Å². The van der Waals surface area contributed by atoms with Gasteiger partial charge in [-0.25, -0.2) is 9.18 Å². The van der Waals surface area contributed by atoms with E-state index in [1.807, 2.05) is 0 Å². The number of nitrogens with zero attached hydrogens (tertiary/aromatic N) is 2. The number of piperazine rings is 1. The van der Waals surface area contributed by atoms with Gasteiger partial charge in [-0.15, -0.1) is 0 Å². The van der Waals surface area contributed by atoms with Crippen molar-refractivity contribution in [2.24, 2.45) is 5.92 Å². The maximum Gasteiger partial charge on any atom is 0.409 e. The summed E-state index contributed by atoms with van der Waals surface area (Å²) in [6.07, 6.45) is 0.0730. The van der Waals surface area contributed by atoms with Gasteiger partial charge in [-0.05, 0) is 36.5 Å². The van der Waals surface area contributed by atoms with Crippen molar-refractivity contribution in [2.75, 3.05) is 32.8 Å². The molecule has 2 rings (SSSR count). The molecule has 1 atom stereocenters. The van der Waals surface area contributed by atoms with Crippen molar-refractivity contribution in [3.05, 3.63) is 35.6 Å². The van der Waals surface area contributed by atoms with Gasteiger partial charge in [-0.2, -0.15) is 0 Å². The van der Waals surface area contributed by atoms with E-state index in [0.717, 1.165) is 5.56 Å². The van der Waals surface area contributed by atoms with Crippen LogP contribution in [-0.4, -0.2) is 54.6 Å². The highest BCUT2D eigenvalue weighted by molar-refractivity contribution is 5.77. The molecule has 0 saturated carbocycles. The lowest BCUT2D eigenvalue weighted by molar-refractivity contribution is -0.133. The molecular weight excluding hydrogens is 323 g/mol. The largest absolute Gasteiger partial charge is 0.450 e. The Kier molecular flexibility index (Phi) is 6.79. The normalized spacial score (nSPS) is 16.0. The van der Waals surface area contributed by atoms with E-state index >= 15 is 0 Å². The van der Waals surface area contributed by atoms with Crippen LogP contribution in [0.3, 0.4) is 0 Å². The van der Waals surface area contributed by atoms with Crippen molar-refractivity contribution in [3.8, 4) is 0 Å². The SMILES string of the molecule is CCOC(=O)N1CCN(C(=O)CC(c2ccc(F)cc2)C(C)C)CC1. The van der Waals surface area contributed by atoms with Crippen molar-refractivity contribution < 1.29 is 18.7 Å². The number of rotatable bonds is 5. The fourth-order valence-corrected chi connectivity index (χ4v) is 3.12. The summed E-state index contributed by atoms with van der Waals surface area (Å²) in [6, 6.07) is 6.39. The van der Waals surface area contributed by atoms with Gasteiger partial charge in [0.15, 0.2) is 0 Å². The molecule has 1 aromatic carbocycles. The fourth-order valence-electron chi connectivity index (χ4n) is 3.12. The summed E-state index contributed by atoms with van der Waals surface area (Å²) in [5.74, 6) is 0.130. The summed E-state index contributed by atoms with van der Waals surface area (Å²) in [5, 5.41) is 0. The Morgan fingerprint density at radius 3 is 2.16 bits per heavy atom. The third-order valence-electron chi connectivity index (χ3n) is 4.66. The van der Waals surface area contributed by atoms with Gasteiger partial charge in [-0.3, -0.25) is 4.79 Å². The highest BCUT2D eigenvalue weighted by Crippen LogP contribution is 2.29. The highest BCUT2D eigenvalue weighted by atomic mass is 19.1. The molecule has 1 aliphatic rings. The minimum Gasteiger partial charge on any atom is -0.450 e. The molecule has 6 heteroatoms. The van der Waals surface area contributed by atoms with E-state index in [0.29, 0.717) is 39.2 Å². The Morgan fingerprint density at radius 1 is 1.08 bits per heavy atom. The van der Waals surface area contributed by atoms with Crippen LogP contribution in [-0.2, 0) is 9.53 Å². The molecule has 1 unspecified atom stereocenters. The van der Waals surface area contributed by atoms with Gasteiger partial charge in [0.25, 0.3) is 0 Å². The molecule has 0 aromatic heterocycles. The smallest absolute Gasteiger partial charge is 0.409 e. The number of benzene rings is 1. The summed E-state index contributed by atoms with van der Waals surface area (Å²) < 4.78 is 18.1. The molecule has 1 aromatic rings. The Bertz CT molecular complexity index is 581. The zero-order valence-corrected chi connectivity index (χ0v) is 15.2. The van der Waals surface area contributed by atoms with Crippen LogP contribution in [0.2, 0.25) is 0 Å². The molecule has 0 spiro atoms. The van der Waals surface area contributed by atoms with E-state index < -0.39 is 0 Å². The average Bonchev–Trinajstić information content (AvgIpc) is 2.60. The van der Waals surface area contributed by atoms with Crippen molar-refractivity contribution in [1.29, 1.82) is 0 Å². The minimum absolute atomic E-state index is 0.0520. The maximum atomic E-state index is 13.1. The third-order valence-corrected chi connectivity index (χ3v) is 4.66. The summed E-state index contributed by atoms with van der Waals surface area (Å²) >= 11 is 0. The Morgan fingerprint density at radius 2 is 1.64 bits per heavy atom. The first-order valence-corrected chi connectivity index (χ1v) is 8.87. The standard InChI is InChI=1S/C19H27FN2O3/c1-4-25-19(24)22-11-9-21(10-12-22)18(23)13-17(14(2)3)15-5-7-16(20)8-6-15/h5-8,14,17H,4,9-13H2,1-3H3. The fraction of sp³-hybridized carbons (Fsp3) is 0.579. The van der Waals surface area contributed by atoms with Gasteiger partial charge < -0.3 is 14.5 Å². The molecule has 1 heterocycles. The van der Waals surface area contributed by atoms with Gasteiger partial charge in [0.1, 0.15) is 5.82 Å². The summed E-state index contributed by atoms with van der Waals surface area (Å²) in [7, 11) is 0. The number of halogens is 1.